The fourth-order valence-electron chi connectivity index (χ4n) is 4.75. The Kier molecular flexibility index (Phi) is 6.55. The van der Waals surface area contributed by atoms with Crippen LogP contribution in [0.4, 0.5) is 4.79 Å². The van der Waals surface area contributed by atoms with E-state index in [1.807, 2.05) is 24.3 Å². The molecule has 2 aliphatic rings. The van der Waals surface area contributed by atoms with Crippen LogP contribution in [-0.4, -0.2) is 33.7 Å². The van der Waals surface area contributed by atoms with Crippen molar-refractivity contribution in [2.24, 2.45) is 17.8 Å². The molecule has 0 saturated heterocycles. The predicted molar refractivity (Wildman–Crippen MR) is 103 cm³/mol. The maximum absolute atomic E-state index is 10.9. The van der Waals surface area contributed by atoms with Gasteiger partial charge in [0, 0.05) is 5.92 Å². The van der Waals surface area contributed by atoms with Crippen molar-refractivity contribution >= 4 is 6.16 Å². The van der Waals surface area contributed by atoms with E-state index < -0.39 is 18.4 Å². The van der Waals surface area contributed by atoms with Gasteiger partial charge in [0.15, 0.2) is 0 Å². The minimum absolute atomic E-state index is 0.0352. The topological polar surface area (TPSA) is 87.0 Å². The predicted octanol–water partition coefficient (Wildman–Crippen LogP) is 3.95. The zero-order valence-corrected chi connectivity index (χ0v) is 15.9. The minimum atomic E-state index is -1.30. The second-order valence-corrected chi connectivity index (χ2v) is 7.92. The first-order valence-electron chi connectivity index (χ1n) is 10.1. The van der Waals surface area contributed by atoms with E-state index in [4.69, 9.17) is 9.84 Å². The maximum atomic E-state index is 10.9. The first-order valence-corrected chi connectivity index (χ1v) is 10.1. The molecule has 0 radical (unpaired) electrons. The SMILES string of the molecule is CCCCC[C@@H](O)/C=C/[C@H]1C(O)C[C@@H]2Cc3c(cccc3OC(=O)O)C[C@@H]21. The summed E-state index contributed by atoms with van der Waals surface area (Å²) >= 11 is 0. The van der Waals surface area contributed by atoms with Gasteiger partial charge >= 0.3 is 6.16 Å². The van der Waals surface area contributed by atoms with Crippen LogP contribution in [0.3, 0.4) is 0 Å². The van der Waals surface area contributed by atoms with Crippen molar-refractivity contribution in [3.8, 4) is 5.75 Å². The van der Waals surface area contributed by atoms with Gasteiger partial charge in [0.05, 0.1) is 12.2 Å². The Hall–Kier alpha value is -1.85. The number of aliphatic hydroxyl groups excluding tert-OH is 2. The number of ether oxygens (including phenoxy) is 1. The van der Waals surface area contributed by atoms with Crippen molar-refractivity contribution < 1.29 is 24.9 Å². The zero-order chi connectivity index (χ0) is 19.4. The molecule has 1 unspecified atom stereocenters. The van der Waals surface area contributed by atoms with Crippen LogP contribution in [0.15, 0.2) is 30.4 Å². The average Bonchev–Trinajstić information content (AvgIpc) is 2.92. The number of fused-ring (bicyclic) bond motifs is 2. The lowest BCUT2D eigenvalue weighted by molar-refractivity contribution is 0.140. The smallest absolute Gasteiger partial charge is 0.449 e. The van der Waals surface area contributed by atoms with E-state index in [0.29, 0.717) is 24.0 Å². The van der Waals surface area contributed by atoms with Crippen molar-refractivity contribution in [2.45, 2.75) is 64.1 Å². The van der Waals surface area contributed by atoms with E-state index in [0.717, 1.165) is 49.7 Å². The third kappa shape index (κ3) is 4.71. The molecular weight excluding hydrogens is 344 g/mol. The third-order valence-corrected chi connectivity index (χ3v) is 6.10. The summed E-state index contributed by atoms with van der Waals surface area (Å²) in [6, 6.07) is 5.54. The van der Waals surface area contributed by atoms with Crippen molar-refractivity contribution in [2.75, 3.05) is 0 Å². The third-order valence-electron chi connectivity index (χ3n) is 6.10. The van der Waals surface area contributed by atoms with Crippen LogP contribution in [0, 0.1) is 17.8 Å². The standard InChI is InChI=1S/C22H30O5/c1-2-3-4-7-16(23)9-10-17-18-11-14-6-5-8-21(27-22(25)26)19(14)12-15(18)13-20(17)24/h5-6,8-10,15-18,20,23-24H,2-4,7,11-13H2,1H3,(H,25,26)/b10-9+/t15-,16+,17+,18-,20?/m0/s1. The summed E-state index contributed by atoms with van der Waals surface area (Å²) in [5.41, 5.74) is 2.06. The first-order chi connectivity index (χ1) is 13.0. The Morgan fingerprint density at radius 1 is 1.33 bits per heavy atom. The molecule has 0 aliphatic heterocycles. The summed E-state index contributed by atoms with van der Waals surface area (Å²) in [5, 5.41) is 29.7. The molecule has 0 bridgehead atoms. The minimum Gasteiger partial charge on any atom is -0.449 e. The van der Waals surface area contributed by atoms with Crippen molar-refractivity contribution in [3.63, 3.8) is 0 Å². The number of carbonyl (C=O) groups is 1. The van der Waals surface area contributed by atoms with Gasteiger partial charge in [-0.25, -0.2) is 4.79 Å². The summed E-state index contributed by atoms with van der Waals surface area (Å²) in [7, 11) is 0. The second kappa shape index (κ2) is 8.89. The molecule has 5 atom stereocenters. The van der Waals surface area contributed by atoms with Gasteiger partial charge in [-0.1, -0.05) is 50.5 Å². The maximum Gasteiger partial charge on any atom is 0.511 e. The molecule has 5 nitrogen and oxygen atoms in total. The molecule has 0 spiro atoms. The van der Waals surface area contributed by atoms with E-state index in [1.165, 1.54) is 0 Å². The van der Waals surface area contributed by atoms with E-state index in [1.54, 1.807) is 6.07 Å². The number of carboxylic acid groups (broad SMARTS) is 1. The van der Waals surface area contributed by atoms with Crippen LogP contribution in [0.1, 0.15) is 50.2 Å². The lowest BCUT2D eigenvalue weighted by Crippen LogP contribution is -2.26. The molecular formula is C22H30O5. The molecule has 1 aromatic rings. The van der Waals surface area contributed by atoms with Crippen LogP contribution in [0.5, 0.6) is 5.75 Å². The molecule has 0 aromatic heterocycles. The van der Waals surface area contributed by atoms with Crippen LogP contribution < -0.4 is 4.74 Å². The Labute approximate surface area is 160 Å². The zero-order valence-electron chi connectivity index (χ0n) is 15.9. The van der Waals surface area contributed by atoms with Gasteiger partial charge in [-0.2, -0.15) is 0 Å². The monoisotopic (exact) mass is 374 g/mol. The highest BCUT2D eigenvalue weighted by Gasteiger charge is 2.44. The summed E-state index contributed by atoms with van der Waals surface area (Å²) in [5.74, 6) is 1.07. The highest BCUT2D eigenvalue weighted by molar-refractivity contribution is 5.62. The Bertz CT molecular complexity index is 683. The first kappa shape index (κ1) is 19.9. The molecule has 3 rings (SSSR count). The highest BCUT2D eigenvalue weighted by atomic mass is 16.7. The number of aliphatic hydroxyl groups is 2. The molecule has 148 valence electrons. The van der Waals surface area contributed by atoms with E-state index in [2.05, 4.69) is 6.92 Å². The van der Waals surface area contributed by atoms with Crippen LogP contribution in [-0.2, 0) is 12.8 Å². The molecule has 27 heavy (non-hydrogen) atoms. The molecule has 1 saturated carbocycles. The van der Waals surface area contributed by atoms with Crippen LogP contribution in [0.2, 0.25) is 0 Å². The van der Waals surface area contributed by atoms with Crippen LogP contribution >= 0.6 is 0 Å². The van der Waals surface area contributed by atoms with Gasteiger partial charge in [-0.15, -0.1) is 0 Å². The lowest BCUT2D eigenvalue weighted by atomic mass is 9.74. The normalized spacial score (nSPS) is 28.0. The molecule has 0 heterocycles. The number of hydrogen-bond donors (Lipinski definition) is 3. The summed E-state index contributed by atoms with van der Waals surface area (Å²) < 4.78 is 4.95. The number of unbranched alkanes of at least 4 members (excludes halogenated alkanes) is 2. The fourth-order valence-corrected chi connectivity index (χ4v) is 4.75. The van der Waals surface area contributed by atoms with Crippen molar-refractivity contribution in [1.29, 1.82) is 0 Å². The average molecular weight is 374 g/mol. The van der Waals surface area contributed by atoms with Gasteiger partial charge < -0.3 is 20.1 Å². The Balaban J connectivity index is 1.71. The number of hydrogen-bond acceptors (Lipinski definition) is 4. The molecule has 0 amide bonds. The van der Waals surface area contributed by atoms with Gasteiger partial charge in [0.2, 0.25) is 0 Å². The summed E-state index contributed by atoms with van der Waals surface area (Å²) in [6.07, 6.45) is 7.96. The fraction of sp³-hybridized carbons (Fsp3) is 0.591. The van der Waals surface area contributed by atoms with Crippen LogP contribution in [0.25, 0.3) is 0 Å². The number of benzene rings is 1. The lowest BCUT2D eigenvalue weighted by Gasteiger charge is -2.31. The molecule has 1 aromatic carbocycles. The van der Waals surface area contributed by atoms with Crippen molar-refractivity contribution in [3.05, 3.63) is 41.5 Å². The highest BCUT2D eigenvalue weighted by Crippen LogP contribution is 2.47. The quantitative estimate of drug-likeness (QED) is 0.291. The molecule has 3 N–H and O–H groups in total. The van der Waals surface area contributed by atoms with E-state index in [-0.39, 0.29) is 5.92 Å². The largest absolute Gasteiger partial charge is 0.511 e. The Morgan fingerprint density at radius 3 is 2.89 bits per heavy atom. The second-order valence-electron chi connectivity index (χ2n) is 7.92. The number of rotatable bonds is 7. The van der Waals surface area contributed by atoms with Crippen molar-refractivity contribution in [1.82, 2.24) is 0 Å². The molecule has 5 heteroatoms. The molecule has 1 fully saturated rings. The van der Waals surface area contributed by atoms with E-state index in [9.17, 15) is 15.0 Å². The van der Waals surface area contributed by atoms with Gasteiger partial charge in [-0.05, 0) is 54.7 Å². The summed E-state index contributed by atoms with van der Waals surface area (Å²) in [6.45, 7) is 2.14. The van der Waals surface area contributed by atoms with Gasteiger partial charge in [-0.3, -0.25) is 0 Å². The summed E-state index contributed by atoms with van der Waals surface area (Å²) in [4.78, 5) is 10.9. The van der Waals surface area contributed by atoms with E-state index >= 15 is 0 Å². The van der Waals surface area contributed by atoms with Gasteiger partial charge in [0.25, 0.3) is 0 Å². The molecule has 2 aliphatic carbocycles. The van der Waals surface area contributed by atoms with Gasteiger partial charge in [0.1, 0.15) is 5.75 Å². The Morgan fingerprint density at radius 2 is 2.15 bits per heavy atom.